The lowest BCUT2D eigenvalue weighted by Crippen LogP contribution is -2.49. The zero-order valence-corrected chi connectivity index (χ0v) is 30.6. The highest BCUT2D eigenvalue weighted by atomic mass is 28.4. The van der Waals surface area contributed by atoms with E-state index in [9.17, 15) is 4.79 Å². The maximum absolute atomic E-state index is 12.9. The summed E-state index contributed by atoms with van der Waals surface area (Å²) in [6, 6.07) is 8.98. The van der Waals surface area contributed by atoms with Gasteiger partial charge in [-0.05, 0) is 76.7 Å². The van der Waals surface area contributed by atoms with E-state index >= 15 is 0 Å². The molecule has 1 saturated carbocycles. The first-order valence-corrected chi connectivity index (χ1v) is 20.0. The van der Waals surface area contributed by atoms with Gasteiger partial charge in [0.2, 0.25) is 0 Å². The third-order valence-electron chi connectivity index (χ3n) is 9.79. The Morgan fingerprint density at radius 2 is 1.72 bits per heavy atom. The lowest BCUT2D eigenvalue weighted by molar-refractivity contribution is 0.0172. The number of hydrogen-bond acceptors (Lipinski definition) is 9. The van der Waals surface area contributed by atoms with Crippen molar-refractivity contribution < 1.29 is 23.4 Å². The predicted octanol–water partition coefficient (Wildman–Crippen LogP) is 6.83. The number of hydrogen-bond donors (Lipinski definition) is 0. The maximum atomic E-state index is 12.9. The van der Waals surface area contributed by atoms with Gasteiger partial charge >= 0.3 is 6.09 Å². The van der Waals surface area contributed by atoms with Crippen LogP contribution in [-0.4, -0.2) is 96.3 Å². The second kappa shape index (κ2) is 12.7. The van der Waals surface area contributed by atoms with E-state index < -0.39 is 13.9 Å². The van der Waals surface area contributed by atoms with Crippen molar-refractivity contribution >= 4 is 31.3 Å². The molecule has 1 aliphatic carbocycles. The minimum atomic E-state index is -2.18. The number of benzene rings is 1. The van der Waals surface area contributed by atoms with Crippen LogP contribution in [0.5, 0.6) is 5.75 Å². The Kier molecular flexibility index (Phi) is 9.07. The number of carbonyl (C=O) groups is 1. The van der Waals surface area contributed by atoms with Crippen LogP contribution in [0.1, 0.15) is 73.3 Å². The van der Waals surface area contributed by atoms with Gasteiger partial charge in [-0.15, -0.1) is 0 Å². The van der Waals surface area contributed by atoms with Gasteiger partial charge in [0.25, 0.3) is 0 Å². The quantitative estimate of drug-likeness (QED) is 0.216. The smallest absolute Gasteiger partial charge is 0.410 e. The van der Waals surface area contributed by atoms with Gasteiger partial charge < -0.3 is 28.4 Å². The minimum Gasteiger partial charge on any atom is -0.491 e. The number of aromatic nitrogens is 4. The predicted molar refractivity (Wildman–Crippen MR) is 186 cm³/mol. The molecular formula is C35H52N6O5Si. The van der Waals surface area contributed by atoms with E-state index in [-0.39, 0.29) is 23.8 Å². The van der Waals surface area contributed by atoms with Crippen molar-refractivity contribution in [1.82, 2.24) is 24.6 Å². The van der Waals surface area contributed by atoms with Gasteiger partial charge in [0.05, 0.1) is 55.6 Å². The van der Waals surface area contributed by atoms with Gasteiger partial charge in [-0.2, -0.15) is 5.10 Å². The second-order valence-electron chi connectivity index (χ2n) is 16.0. The number of likely N-dealkylation sites (N-methyl/N-ethyl adjacent to an activating group) is 1. The molecule has 2 aromatic heterocycles. The van der Waals surface area contributed by atoms with E-state index in [4.69, 9.17) is 33.7 Å². The normalized spacial score (nSPS) is 20.8. The molecule has 6 rings (SSSR count). The zero-order valence-electron chi connectivity index (χ0n) is 29.6. The number of anilines is 1. The average Bonchev–Trinajstić information content (AvgIpc) is 3.69. The Bertz CT molecular complexity index is 1580. The summed E-state index contributed by atoms with van der Waals surface area (Å²) in [6.07, 6.45) is 5.67. The van der Waals surface area contributed by atoms with E-state index in [1.165, 1.54) is 0 Å². The summed E-state index contributed by atoms with van der Waals surface area (Å²) in [5, 5.41) is 5.77. The van der Waals surface area contributed by atoms with Crippen LogP contribution in [-0.2, 0) is 13.9 Å². The van der Waals surface area contributed by atoms with E-state index in [0.29, 0.717) is 36.2 Å². The fraction of sp³-hybridized carbons (Fsp3) is 0.657. The Balaban J connectivity index is 1.26. The highest BCUT2D eigenvalue weighted by molar-refractivity contribution is 6.74. The van der Waals surface area contributed by atoms with Crippen LogP contribution in [0.15, 0.2) is 30.5 Å². The molecular weight excluding hydrogens is 613 g/mol. The van der Waals surface area contributed by atoms with E-state index in [2.05, 4.69) is 43.4 Å². The molecule has 1 amide bonds. The van der Waals surface area contributed by atoms with Gasteiger partial charge in [0.1, 0.15) is 23.8 Å². The molecule has 0 N–H and O–H groups in total. The average molecular weight is 665 g/mol. The maximum Gasteiger partial charge on any atom is 0.410 e. The number of rotatable bonds is 10. The lowest BCUT2D eigenvalue weighted by atomic mass is 10.2. The summed E-state index contributed by atoms with van der Waals surface area (Å²) in [5.41, 5.74) is 1.18. The van der Waals surface area contributed by atoms with Gasteiger partial charge in [-0.25, -0.2) is 19.4 Å². The van der Waals surface area contributed by atoms with Crippen LogP contribution in [0.3, 0.4) is 0 Å². The van der Waals surface area contributed by atoms with Crippen molar-refractivity contribution in [3.8, 4) is 17.1 Å². The monoisotopic (exact) mass is 664 g/mol. The number of fused-ring (bicyclic) bond motifs is 3. The fourth-order valence-electron chi connectivity index (χ4n) is 6.15. The van der Waals surface area contributed by atoms with Crippen LogP contribution < -0.4 is 9.64 Å². The molecule has 0 radical (unpaired) electrons. The fourth-order valence-corrected chi connectivity index (χ4v) is 7.48. The molecule has 3 fully saturated rings. The first-order chi connectivity index (χ1) is 22.1. The molecule has 3 atom stereocenters. The van der Waals surface area contributed by atoms with Gasteiger partial charge in [-0.3, -0.25) is 0 Å². The van der Waals surface area contributed by atoms with Crippen molar-refractivity contribution in [3.63, 3.8) is 0 Å². The molecule has 0 spiro atoms. The minimum absolute atomic E-state index is 0.00368. The van der Waals surface area contributed by atoms with Gasteiger partial charge in [0.15, 0.2) is 19.8 Å². The molecule has 256 valence electrons. The Morgan fingerprint density at radius 1 is 1.04 bits per heavy atom. The molecule has 3 aliphatic rings. The first-order valence-electron chi connectivity index (χ1n) is 17.1. The largest absolute Gasteiger partial charge is 0.491 e. The van der Waals surface area contributed by atoms with Crippen LogP contribution in [0.2, 0.25) is 18.1 Å². The Labute approximate surface area is 280 Å². The summed E-state index contributed by atoms with van der Waals surface area (Å²) in [5.74, 6) is 2.30. The van der Waals surface area contributed by atoms with Crippen molar-refractivity contribution in [2.45, 2.75) is 115 Å². The number of nitrogens with zero attached hydrogens (tertiary/aromatic N) is 6. The summed E-state index contributed by atoms with van der Waals surface area (Å²) >= 11 is 0. The standard InChI is InChI=1S/C35H52N6O5Si/c1-34(2,3)45-33(42)39(7)19-28(46-47(8,9)35(4,5)6)22-44-27-12-10-11-23(17-27)30-37-31(40-25-15-16-26(40)21-43-20-25)29-18-36-41(24-13-14-24)32(29)38-30/h10-12,17-18,24-26,28H,13-16,19-22H2,1-9H3/t25-,26+,28?. The summed E-state index contributed by atoms with van der Waals surface area (Å²) in [7, 11) is -0.432. The molecule has 1 aromatic carbocycles. The topological polar surface area (TPSA) is 104 Å². The second-order valence-corrected chi connectivity index (χ2v) is 20.7. The molecule has 47 heavy (non-hydrogen) atoms. The number of amides is 1. The number of carbonyl (C=O) groups excluding carboxylic acids is 1. The van der Waals surface area contributed by atoms with Crippen LogP contribution >= 0.6 is 0 Å². The highest BCUT2D eigenvalue weighted by Crippen LogP contribution is 2.41. The Morgan fingerprint density at radius 3 is 2.36 bits per heavy atom. The third-order valence-corrected chi connectivity index (χ3v) is 14.3. The number of ether oxygens (including phenoxy) is 3. The van der Waals surface area contributed by atoms with Crippen molar-refractivity contribution in [3.05, 3.63) is 30.5 Å². The molecule has 12 heteroatoms. The van der Waals surface area contributed by atoms with Crippen molar-refractivity contribution in [2.24, 2.45) is 0 Å². The summed E-state index contributed by atoms with van der Waals surface area (Å²) in [4.78, 5) is 27.2. The van der Waals surface area contributed by atoms with Gasteiger partial charge in [0, 0.05) is 12.6 Å². The van der Waals surface area contributed by atoms with Crippen molar-refractivity contribution in [1.29, 1.82) is 0 Å². The molecule has 4 heterocycles. The van der Waals surface area contributed by atoms with Crippen LogP contribution in [0.4, 0.5) is 10.6 Å². The summed E-state index contributed by atoms with van der Waals surface area (Å²) in [6.45, 7) is 18.7. The van der Waals surface area contributed by atoms with Crippen molar-refractivity contribution in [2.75, 3.05) is 38.3 Å². The first kappa shape index (κ1) is 33.7. The van der Waals surface area contributed by atoms with E-state index in [1.807, 2.05) is 51.2 Å². The third kappa shape index (κ3) is 7.44. The molecule has 1 unspecified atom stereocenters. The Hall–Kier alpha value is -3.22. The molecule has 11 nitrogen and oxygen atoms in total. The highest BCUT2D eigenvalue weighted by Gasteiger charge is 2.41. The SMILES string of the molecule is CN(CC(COc1cccc(-c2nc(N3[C@@H]4CC[C@H]3COC4)c3cnn(C4CC4)c3n2)c1)O[Si](C)(C)C(C)(C)C)C(=O)OC(C)(C)C. The molecule has 2 aliphatic heterocycles. The summed E-state index contributed by atoms with van der Waals surface area (Å²) < 4.78 is 26.8. The molecule has 3 aromatic rings. The molecule has 2 bridgehead atoms. The number of morpholine rings is 1. The van der Waals surface area contributed by atoms with Gasteiger partial charge in [-0.1, -0.05) is 32.9 Å². The molecule has 2 saturated heterocycles. The van der Waals surface area contributed by atoms with E-state index in [1.54, 1.807) is 11.9 Å². The van der Waals surface area contributed by atoms with E-state index in [0.717, 1.165) is 61.3 Å². The van der Waals surface area contributed by atoms with Crippen LogP contribution in [0, 0.1) is 0 Å². The van der Waals surface area contributed by atoms with Crippen LogP contribution in [0.25, 0.3) is 22.4 Å². The zero-order chi connectivity index (χ0) is 33.7. The lowest BCUT2D eigenvalue weighted by Gasteiger charge is -2.40.